The molecule has 2 amide bonds. The van der Waals surface area contributed by atoms with E-state index in [-0.39, 0.29) is 24.4 Å². The van der Waals surface area contributed by atoms with E-state index in [0.29, 0.717) is 5.25 Å². The van der Waals surface area contributed by atoms with Crippen molar-refractivity contribution >= 4 is 29.7 Å². The van der Waals surface area contributed by atoms with Crippen molar-refractivity contribution in [3.63, 3.8) is 0 Å². The van der Waals surface area contributed by atoms with Gasteiger partial charge in [-0.25, -0.2) is 0 Å². The molecule has 3 fully saturated rings. The largest absolute Gasteiger partial charge is 0.339 e. The second kappa shape index (κ2) is 10.8. The van der Waals surface area contributed by atoms with E-state index in [1.807, 2.05) is 52.3 Å². The molecular weight excluding hydrogens is 442 g/mol. The fraction of sp³-hybridized carbons (Fsp3) is 0.429. The minimum Gasteiger partial charge on any atom is -0.339 e. The van der Waals surface area contributed by atoms with E-state index in [0.717, 1.165) is 62.5 Å². The molecule has 0 radical (unpaired) electrons. The van der Waals surface area contributed by atoms with Crippen molar-refractivity contribution in [3.05, 3.63) is 76.7 Å². The predicted octanol–water partition coefficient (Wildman–Crippen LogP) is 4.26. The molecule has 5 nitrogen and oxygen atoms in total. The van der Waals surface area contributed by atoms with Crippen molar-refractivity contribution in [2.24, 2.45) is 0 Å². The van der Waals surface area contributed by atoms with Crippen LogP contribution in [0.3, 0.4) is 0 Å². The lowest BCUT2D eigenvalue weighted by molar-refractivity contribution is -0.141. The van der Waals surface area contributed by atoms with Crippen LogP contribution in [-0.4, -0.2) is 70.5 Å². The van der Waals surface area contributed by atoms with Gasteiger partial charge in [0, 0.05) is 44.0 Å². The minimum absolute atomic E-state index is 0.0214. The van der Waals surface area contributed by atoms with Gasteiger partial charge in [0.05, 0.1) is 4.91 Å². The molecular formula is C28H33N3O2S. The number of fused-ring (bicyclic) bond motifs is 1. The van der Waals surface area contributed by atoms with Gasteiger partial charge in [-0.2, -0.15) is 0 Å². The normalized spacial score (nSPS) is 24.8. The van der Waals surface area contributed by atoms with Gasteiger partial charge < -0.3 is 9.80 Å². The second-order valence-electron chi connectivity index (χ2n) is 9.50. The Morgan fingerprint density at radius 1 is 0.912 bits per heavy atom. The van der Waals surface area contributed by atoms with Crippen LogP contribution < -0.4 is 0 Å². The third kappa shape index (κ3) is 5.39. The molecule has 0 aromatic heterocycles. The molecule has 2 saturated heterocycles. The molecule has 2 unspecified atom stereocenters. The molecule has 0 N–H and O–H groups in total. The Labute approximate surface area is 206 Å². The number of amides is 2. The topological polar surface area (TPSA) is 43.9 Å². The molecule has 34 heavy (non-hydrogen) atoms. The van der Waals surface area contributed by atoms with Crippen molar-refractivity contribution in [2.45, 2.75) is 43.5 Å². The van der Waals surface area contributed by atoms with E-state index < -0.39 is 0 Å². The lowest BCUT2D eigenvalue weighted by atomic mass is 9.93. The van der Waals surface area contributed by atoms with Gasteiger partial charge in [0.2, 0.25) is 5.91 Å². The molecule has 2 aromatic carbocycles. The quantitative estimate of drug-likeness (QED) is 0.606. The number of hydrogen-bond donors (Lipinski definition) is 0. The summed E-state index contributed by atoms with van der Waals surface area (Å²) in [5.74, 6) is 0.107. The first-order valence-electron chi connectivity index (χ1n) is 12.5. The van der Waals surface area contributed by atoms with Crippen molar-refractivity contribution < 1.29 is 9.59 Å². The third-order valence-corrected chi connectivity index (χ3v) is 8.59. The number of hydrogen-bond acceptors (Lipinski definition) is 4. The maximum absolute atomic E-state index is 13.5. The molecule has 1 aliphatic carbocycles. The van der Waals surface area contributed by atoms with Crippen molar-refractivity contribution in [3.8, 4) is 0 Å². The van der Waals surface area contributed by atoms with E-state index in [9.17, 15) is 9.59 Å². The van der Waals surface area contributed by atoms with Crippen LogP contribution in [0.4, 0.5) is 0 Å². The number of thioether (sulfide) groups is 1. The molecule has 2 atom stereocenters. The number of carbonyl (C=O) groups is 2. The molecule has 0 spiro atoms. The zero-order valence-electron chi connectivity index (χ0n) is 19.6. The first-order chi connectivity index (χ1) is 16.7. The fourth-order valence-electron chi connectivity index (χ4n) is 5.31. The zero-order chi connectivity index (χ0) is 23.3. The number of carbonyl (C=O) groups excluding carboxylic acids is 2. The molecule has 178 valence electrons. The smallest absolute Gasteiger partial charge is 0.261 e. The van der Waals surface area contributed by atoms with Gasteiger partial charge in [-0.1, -0.05) is 73.5 Å². The highest BCUT2D eigenvalue weighted by Gasteiger charge is 2.41. The van der Waals surface area contributed by atoms with E-state index in [1.165, 1.54) is 12.0 Å². The fourth-order valence-corrected chi connectivity index (χ4v) is 6.78. The van der Waals surface area contributed by atoms with Gasteiger partial charge in [-0.05, 0) is 30.0 Å². The molecule has 0 bridgehead atoms. The number of rotatable bonds is 5. The van der Waals surface area contributed by atoms with Crippen molar-refractivity contribution in [1.82, 2.24) is 14.7 Å². The van der Waals surface area contributed by atoms with Crippen LogP contribution in [-0.2, 0) is 16.1 Å². The Kier molecular flexibility index (Phi) is 7.36. The molecule has 6 heteroatoms. The van der Waals surface area contributed by atoms with Crippen LogP contribution in [0.1, 0.15) is 36.8 Å². The highest BCUT2D eigenvalue weighted by atomic mass is 32.2. The Morgan fingerprint density at radius 2 is 1.59 bits per heavy atom. The number of piperazine rings is 1. The lowest BCUT2D eigenvalue weighted by Crippen LogP contribution is -2.56. The van der Waals surface area contributed by atoms with E-state index in [1.54, 1.807) is 11.8 Å². The molecule has 2 aromatic rings. The van der Waals surface area contributed by atoms with Crippen molar-refractivity contribution in [1.29, 1.82) is 0 Å². The third-order valence-electron chi connectivity index (χ3n) is 7.19. The highest BCUT2D eigenvalue weighted by molar-refractivity contribution is 8.04. The minimum atomic E-state index is 0.0214. The summed E-state index contributed by atoms with van der Waals surface area (Å²) in [5, 5.41) is 0.386. The van der Waals surface area contributed by atoms with Gasteiger partial charge in [-0.15, -0.1) is 11.8 Å². The number of benzene rings is 2. The first kappa shape index (κ1) is 23.2. The molecule has 2 heterocycles. The van der Waals surface area contributed by atoms with Crippen LogP contribution in [0.15, 0.2) is 65.6 Å². The average Bonchev–Trinajstić information content (AvgIpc) is 2.88. The van der Waals surface area contributed by atoms with Crippen LogP contribution >= 0.6 is 11.8 Å². The van der Waals surface area contributed by atoms with Crippen LogP contribution in [0.5, 0.6) is 0 Å². The molecule has 5 rings (SSSR count). The Morgan fingerprint density at radius 3 is 2.32 bits per heavy atom. The zero-order valence-corrected chi connectivity index (χ0v) is 20.5. The maximum atomic E-state index is 13.5. The van der Waals surface area contributed by atoms with Crippen LogP contribution in [0, 0.1) is 0 Å². The molecule has 2 aliphatic heterocycles. The van der Waals surface area contributed by atoms with E-state index in [4.69, 9.17) is 0 Å². The predicted molar refractivity (Wildman–Crippen MR) is 138 cm³/mol. The summed E-state index contributed by atoms with van der Waals surface area (Å²) in [7, 11) is 0. The Bertz CT molecular complexity index is 1020. The average molecular weight is 476 g/mol. The Hall–Kier alpha value is -2.57. The molecule has 3 aliphatic rings. The monoisotopic (exact) mass is 475 g/mol. The summed E-state index contributed by atoms with van der Waals surface area (Å²) < 4.78 is 0. The van der Waals surface area contributed by atoms with Gasteiger partial charge in [0.15, 0.2) is 0 Å². The van der Waals surface area contributed by atoms with Gasteiger partial charge in [-0.3, -0.25) is 14.5 Å². The summed E-state index contributed by atoms with van der Waals surface area (Å²) in [4.78, 5) is 33.8. The Balaban J connectivity index is 1.24. The molecule has 1 saturated carbocycles. The van der Waals surface area contributed by atoms with Crippen molar-refractivity contribution in [2.75, 3.05) is 32.7 Å². The van der Waals surface area contributed by atoms with Crippen LogP contribution in [0.2, 0.25) is 0 Å². The number of nitrogens with zero attached hydrogens (tertiary/aromatic N) is 3. The standard InChI is InChI=1S/C28H33N3O2S/c32-27(30-17-15-29(16-18-30)20-23-11-5-2-6-12-23)21-31-24-13-7-8-14-25(24)34-26(28(31)33)19-22-9-3-1-4-10-22/h1-6,9-12,19,24-25H,7-8,13-18,20-21H2/b26-19-. The van der Waals surface area contributed by atoms with E-state index >= 15 is 0 Å². The summed E-state index contributed by atoms with van der Waals surface area (Å²) in [6.07, 6.45) is 6.44. The van der Waals surface area contributed by atoms with Gasteiger partial charge in [0.1, 0.15) is 6.54 Å². The summed E-state index contributed by atoms with van der Waals surface area (Å²) in [6.45, 7) is 4.31. The summed E-state index contributed by atoms with van der Waals surface area (Å²) in [6, 6.07) is 20.7. The van der Waals surface area contributed by atoms with Gasteiger partial charge in [0.25, 0.3) is 5.91 Å². The SMILES string of the molecule is O=C(CN1C(=O)/C(=C/c2ccccc2)SC2CCCCC21)N1CCN(Cc2ccccc2)CC1. The highest BCUT2D eigenvalue weighted by Crippen LogP contribution is 2.42. The second-order valence-corrected chi connectivity index (χ2v) is 10.8. The lowest BCUT2D eigenvalue weighted by Gasteiger charge is -2.44. The maximum Gasteiger partial charge on any atom is 0.261 e. The van der Waals surface area contributed by atoms with Crippen LogP contribution in [0.25, 0.3) is 6.08 Å². The summed E-state index contributed by atoms with van der Waals surface area (Å²) in [5.41, 5.74) is 2.34. The summed E-state index contributed by atoms with van der Waals surface area (Å²) >= 11 is 1.72. The van der Waals surface area contributed by atoms with Gasteiger partial charge >= 0.3 is 0 Å². The van der Waals surface area contributed by atoms with E-state index in [2.05, 4.69) is 29.2 Å². The first-order valence-corrected chi connectivity index (χ1v) is 13.3.